The standard InChI is InChI=1S/C22H24F3N/c1-18(9-5-6-12-19-10-3-2-4-11-19)26-16-8-14-20-13-7-15-21(17-20)22(23,24)25/h2-7,9-13,15,17-18,26H,8,14,16H2,1H3/b9-5+,12-6-/t18-/m1/s1. The zero-order valence-electron chi connectivity index (χ0n) is 14.8. The summed E-state index contributed by atoms with van der Waals surface area (Å²) in [4.78, 5) is 0. The highest BCUT2D eigenvalue weighted by Crippen LogP contribution is 2.29. The van der Waals surface area contributed by atoms with Crippen LogP contribution in [0, 0.1) is 0 Å². The van der Waals surface area contributed by atoms with Crippen molar-refractivity contribution in [3.05, 3.63) is 89.5 Å². The van der Waals surface area contributed by atoms with E-state index in [1.807, 2.05) is 48.6 Å². The predicted molar refractivity (Wildman–Crippen MR) is 102 cm³/mol. The van der Waals surface area contributed by atoms with Crippen molar-refractivity contribution in [3.8, 4) is 0 Å². The second-order valence-electron chi connectivity index (χ2n) is 6.20. The second kappa shape index (κ2) is 9.97. The molecule has 0 radical (unpaired) electrons. The molecule has 0 bridgehead atoms. The molecule has 2 aromatic carbocycles. The third-order valence-corrected chi connectivity index (χ3v) is 3.96. The van der Waals surface area contributed by atoms with Crippen LogP contribution in [0.25, 0.3) is 6.08 Å². The second-order valence-corrected chi connectivity index (χ2v) is 6.20. The van der Waals surface area contributed by atoms with Crippen LogP contribution in [0.2, 0.25) is 0 Å². The van der Waals surface area contributed by atoms with Gasteiger partial charge in [-0.25, -0.2) is 0 Å². The Morgan fingerprint density at radius 3 is 2.50 bits per heavy atom. The third-order valence-electron chi connectivity index (χ3n) is 3.96. The summed E-state index contributed by atoms with van der Waals surface area (Å²) in [6, 6.07) is 15.8. The molecule has 4 heteroatoms. The van der Waals surface area contributed by atoms with Gasteiger partial charge >= 0.3 is 6.18 Å². The summed E-state index contributed by atoms with van der Waals surface area (Å²) in [6.45, 7) is 2.81. The number of hydrogen-bond acceptors (Lipinski definition) is 1. The van der Waals surface area contributed by atoms with Crippen molar-refractivity contribution in [2.24, 2.45) is 0 Å². The average Bonchev–Trinajstić information content (AvgIpc) is 2.63. The Morgan fingerprint density at radius 1 is 1.00 bits per heavy atom. The number of benzene rings is 2. The summed E-state index contributed by atoms with van der Waals surface area (Å²) in [6.07, 6.45) is 5.23. The fraction of sp³-hybridized carbons (Fsp3) is 0.273. The molecule has 1 atom stereocenters. The van der Waals surface area contributed by atoms with Crippen LogP contribution in [0.1, 0.15) is 30.0 Å². The van der Waals surface area contributed by atoms with Gasteiger partial charge < -0.3 is 5.32 Å². The van der Waals surface area contributed by atoms with E-state index in [2.05, 4.69) is 18.3 Å². The van der Waals surface area contributed by atoms with Gasteiger partial charge in [0.05, 0.1) is 5.56 Å². The summed E-state index contributed by atoms with van der Waals surface area (Å²) in [5.74, 6) is 0. The van der Waals surface area contributed by atoms with Gasteiger partial charge in [-0.1, -0.05) is 72.8 Å². The molecule has 138 valence electrons. The van der Waals surface area contributed by atoms with E-state index in [-0.39, 0.29) is 6.04 Å². The minimum absolute atomic E-state index is 0.205. The number of alkyl halides is 3. The molecule has 0 spiro atoms. The summed E-state index contributed by atoms with van der Waals surface area (Å²) in [7, 11) is 0. The van der Waals surface area contributed by atoms with E-state index in [4.69, 9.17) is 0 Å². The molecule has 0 aliphatic heterocycles. The molecule has 0 aliphatic rings. The molecule has 1 N–H and O–H groups in total. The Balaban J connectivity index is 1.69. The molecule has 2 rings (SSSR count). The molecule has 26 heavy (non-hydrogen) atoms. The lowest BCUT2D eigenvalue weighted by atomic mass is 10.1. The lowest BCUT2D eigenvalue weighted by Gasteiger charge is -2.10. The van der Waals surface area contributed by atoms with Crippen molar-refractivity contribution in [1.29, 1.82) is 0 Å². The van der Waals surface area contributed by atoms with Gasteiger partial charge in [0.2, 0.25) is 0 Å². The molecule has 0 saturated carbocycles. The molecule has 0 saturated heterocycles. The van der Waals surface area contributed by atoms with Gasteiger partial charge in [-0.3, -0.25) is 0 Å². The topological polar surface area (TPSA) is 12.0 Å². The number of nitrogens with one attached hydrogen (secondary N) is 1. The van der Waals surface area contributed by atoms with Gasteiger partial charge in [0.15, 0.2) is 0 Å². The van der Waals surface area contributed by atoms with Crippen molar-refractivity contribution in [2.75, 3.05) is 6.54 Å². The van der Waals surface area contributed by atoms with Crippen LogP contribution in [0.4, 0.5) is 13.2 Å². The number of allylic oxidation sites excluding steroid dienone is 2. The van der Waals surface area contributed by atoms with Crippen LogP contribution >= 0.6 is 0 Å². The molecule has 0 unspecified atom stereocenters. The maximum atomic E-state index is 12.7. The van der Waals surface area contributed by atoms with Crippen molar-refractivity contribution in [1.82, 2.24) is 5.32 Å². The first-order chi connectivity index (χ1) is 12.4. The fourth-order valence-electron chi connectivity index (χ4n) is 2.56. The van der Waals surface area contributed by atoms with Crippen LogP contribution < -0.4 is 5.32 Å². The first-order valence-electron chi connectivity index (χ1n) is 8.74. The summed E-state index contributed by atoms with van der Waals surface area (Å²) in [5, 5.41) is 3.35. The summed E-state index contributed by atoms with van der Waals surface area (Å²) in [5.41, 5.74) is 1.29. The first kappa shape index (κ1) is 20.0. The maximum absolute atomic E-state index is 12.7. The molecule has 0 amide bonds. The molecular weight excluding hydrogens is 335 g/mol. The number of hydrogen-bond donors (Lipinski definition) is 1. The van der Waals surface area contributed by atoms with Crippen molar-refractivity contribution >= 4 is 6.08 Å². The van der Waals surface area contributed by atoms with Gasteiger partial charge in [-0.2, -0.15) is 13.2 Å². The summed E-state index contributed by atoms with van der Waals surface area (Å²) < 4.78 is 38.1. The van der Waals surface area contributed by atoms with E-state index in [1.54, 1.807) is 6.07 Å². The Hall–Kier alpha value is -2.33. The predicted octanol–water partition coefficient (Wildman–Crippen LogP) is 5.89. The molecule has 2 aromatic rings. The van der Waals surface area contributed by atoms with Crippen LogP contribution in [-0.4, -0.2) is 12.6 Å². The zero-order valence-corrected chi connectivity index (χ0v) is 14.8. The first-order valence-corrected chi connectivity index (χ1v) is 8.74. The Morgan fingerprint density at radius 2 is 1.77 bits per heavy atom. The molecule has 0 aliphatic carbocycles. The van der Waals surface area contributed by atoms with Crippen LogP contribution in [0.15, 0.2) is 72.8 Å². The van der Waals surface area contributed by atoms with E-state index < -0.39 is 11.7 Å². The third kappa shape index (κ3) is 7.28. The Bertz CT molecular complexity index is 718. The molecule has 0 fully saturated rings. The van der Waals surface area contributed by atoms with Crippen LogP contribution in [-0.2, 0) is 12.6 Å². The Labute approximate surface area is 153 Å². The van der Waals surface area contributed by atoms with Gasteiger partial charge in [0, 0.05) is 6.04 Å². The SMILES string of the molecule is C[C@H](/C=C/C=C\c1ccccc1)NCCCc1cccc(C(F)(F)F)c1. The van der Waals surface area contributed by atoms with Gasteiger partial charge in [-0.05, 0) is 43.5 Å². The van der Waals surface area contributed by atoms with Gasteiger partial charge in [0.25, 0.3) is 0 Å². The number of halogens is 3. The van der Waals surface area contributed by atoms with Gasteiger partial charge in [-0.15, -0.1) is 0 Å². The molecule has 0 heterocycles. The lowest BCUT2D eigenvalue weighted by Crippen LogP contribution is -2.25. The van der Waals surface area contributed by atoms with E-state index >= 15 is 0 Å². The van der Waals surface area contributed by atoms with Crippen molar-refractivity contribution < 1.29 is 13.2 Å². The lowest BCUT2D eigenvalue weighted by molar-refractivity contribution is -0.137. The minimum atomic E-state index is -4.28. The highest BCUT2D eigenvalue weighted by Gasteiger charge is 2.30. The monoisotopic (exact) mass is 359 g/mol. The minimum Gasteiger partial charge on any atom is -0.311 e. The van der Waals surface area contributed by atoms with Gasteiger partial charge in [0.1, 0.15) is 0 Å². The smallest absolute Gasteiger partial charge is 0.311 e. The van der Waals surface area contributed by atoms with Crippen molar-refractivity contribution in [2.45, 2.75) is 32.0 Å². The normalized spacial score (nSPS) is 13.5. The van der Waals surface area contributed by atoms with Crippen LogP contribution in [0.3, 0.4) is 0 Å². The molecule has 1 nitrogen and oxygen atoms in total. The van der Waals surface area contributed by atoms with E-state index in [0.717, 1.165) is 30.2 Å². The average molecular weight is 359 g/mol. The van der Waals surface area contributed by atoms with E-state index in [9.17, 15) is 13.2 Å². The fourth-order valence-corrected chi connectivity index (χ4v) is 2.56. The number of rotatable bonds is 8. The highest BCUT2D eigenvalue weighted by molar-refractivity contribution is 5.50. The highest BCUT2D eigenvalue weighted by atomic mass is 19.4. The molecular formula is C22H24F3N. The largest absolute Gasteiger partial charge is 0.416 e. The van der Waals surface area contributed by atoms with Crippen molar-refractivity contribution in [3.63, 3.8) is 0 Å². The molecule has 0 aromatic heterocycles. The number of aryl methyl sites for hydroxylation is 1. The summed E-state index contributed by atoms with van der Waals surface area (Å²) >= 11 is 0. The Kier molecular flexibility index (Phi) is 7.67. The van der Waals surface area contributed by atoms with Crippen LogP contribution in [0.5, 0.6) is 0 Å². The quantitative estimate of drug-likeness (QED) is 0.458. The maximum Gasteiger partial charge on any atom is 0.416 e. The van der Waals surface area contributed by atoms with E-state index in [1.165, 1.54) is 12.1 Å². The van der Waals surface area contributed by atoms with E-state index in [0.29, 0.717) is 6.42 Å². The zero-order chi connectivity index (χ0) is 18.8.